The van der Waals surface area contributed by atoms with Gasteiger partial charge in [0.05, 0.1) is 15.5 Å². The second kappa shape index (κ2) is 4.33. The predicted molar refractivity (Wildman–Crippen MR) is 65.9 cm³/mol. The second-order valence-corrected chi connectivity index (χ2v) is 4.34. The van der Waals surface area contributed by atoms with E-state index < -0.39 is 5.82 Å². The molecule has 3 N–H and O–H groups in total. The molecule has 0 radical (unpaired) electrons. The number of carbonyl (C=O) groups excluding carboxylic acids is 1. The molecule has 0 fully saturated rings. The third kappa shape index (κ3) is 2.10. The van der Waals surface area contributed by atoms with Crippen LogP contribution < -0.4 is 11.1 Å². The maximum Gasteiger partial charge on any atom is 0.239 e. The average molecular weight is 301 g/mol. The lowest BCUT2D eigenvalue weighted by Crippen LogP contribution is -2.24. The van der Waals surface area contributed by atoms with E-state index in [9.17, 15) is 9.18 Å². The van der Waals surface area contributed by atoms with Crippen LogP contribution in [-0.4, -0.2) is 22.5 Å². The Morgan fingerprint density at radius 3 is 3.00 bits per heavy atom. The zero-order chi connectivity index (χ0) is 12.6. The summed E-state index contributed by atoms with van der Waals surface area (Å²) < 4.78 is 15.1. The number of nitrogens with one attached hydrogen (secondary N) is 1. The van der Waals surface area contributed by atoms with Crippen LogP contribution in [0.3, 0.4) is 0 Å². The molecule has 1 heterocycles. The Morgan fingerprint density at radius 2 is 2.35 bits per heavy atom. The van der Waals surface area contributed by atoms with Crippen LogP contribution in [0.1, 0.15) is 0 Å². The summed E-state index contributed by atoms with van der Waals surface area (Å²) >= 11 is 3.09. The Morgan fingerprint density at radius 1 is 1.65 bits per heavy atom. The number of nitrogen functional groups attached to an aromatic ring is 1. The molecule has 7 heteroatoms. The summed E-state index contributed by atoms with van der Waals surface area (Å²) in [6, 6.07) is 2.83. The van der Waals surface area contributed by atoms with Crippen molar-refractivity contribution in [2.24, 2.45) is 0 Å². The van der Waals surface area contributed by atoms with Crippen molar-refractivity contribution in [3.8, 4) is 0 Å². The molecule has 0 saturated heterocycles. The van der Waals surface area contributed by atoms with E-state index in [0.29, 0.717) is 15.5 Å². The fourth-order valence-corrected chi connectivity index (χ4v) is 1.86. The van der Waals surface area contributed by atoms with E-state index in [1.54, 1.807) is 6.07 Å². The second-order valence-electron chi connectivity index (χ2n) is 3.48. The summed E-state index contributed by atoms with van der Waals surface area (Å²) in [5.41, 5.74) is 6.72. The first kappa shape index (κ1) is 11.8. The van der Waals surface area contributed by atoms with Crippen LogP contribution in [-0.2, 0) is 11.3 Å². The van der Waals surface area contributed by atoms with Crippen LogP contribution in [0.25, 0.3) is 11.0 Å². The van der Waals surface area contributed by atoms with Gasteiger partial charge in [0.25, 0.3) is 0 Å². The molecule has 0 saturated carbocycles. The molecule has 0 bridgehead atoms. The molecule has 90 valence electrons. The minimum atomic E-state index is -0.415. The van der Waals surface area contributed by atoms with Gasteiger partial charge < -0.3 is 15.6 Å². The summed E-state index contributed by atoms with van der Waals surface area (Å²) in [6.45, 7) is 0.0525. The van der Waals surface area contributed by atoms with Crippen molar-refractivity contribution < 1.29 is 9.18 Å². The average Bonchev–Trinajstić information content (AvgIpc) is 2.56. The maximum atomic E-state index is 13.3. The molecule has 0 unspecified atom stereocenters. The number of fused-ring (bicyclic) bond motifs is 1. The van der Waals surface area contributed by atoms with Gasteiger partial charge in [-0.3, -0.25) is 4.79 Å². The molecule has 1 aromatic heterocycles. The van der Waals surface area contributed by atoms with Gasteiger partial charge >= 0.3 is 0 Å². The molecule has 0 aliphatic carbocycles. The Balaban J connectivity index is 2.58. The normalized spacial score (nSPS) is 10.8. The van der Waals surface area contributed by atoms with Crippen molar-refractivity contribution in [3.63, 3.8) is 0 Å². The number of imidazole rings is 1. The highest BCUT2D eigenvalue weighted by Crippen LogP contribution is 2.24. The van der Waals surface area contributed by atoms with E-state index in [2.05, 4.69) is 26.2 Å². The van der Waals surface area contributed by atoms with Crippen molar-refractivity contribution in [2.75, 3.05) is 12.8 Å². The Hall–Kier alpha value is -1.63. The van der Waals surface area contributed by atoms with Gasteiger partial charge in [0.1, 0.15) is 12.4 Å². The molecule has 2 rings (SSSR count). The summed E-state index contributed by atoms with van der Waals surface area (Å²) in [7, 11) is 1.53. The highest BCUT2D eigenvalue weighted by molar-refractivity contribution is 9.10. The Labute approximate surface area is 105 Å². The lowest BCUT2D eigenvalue weighted by Gasteiger charge is -2.05. The van der Waals surface area contributed by atoms with Crippen LogP contribution in [0, 0.1) is 5.82 Å². The van der Waals surface area contributed by atoms with Gasteiger partial charge in [-0.1, -0.05) is 0 Å². The Kier molecular flexibility index (Phi) is 3.01. The predicted octanol–water partition coefficient (Wildman–Crippen LogP) is 1.27. The monoisotopic (exact) mass is 300 g/mol. The number of benzene rings is 1. The molecule has 0 aliphatic heterocycles. The van der Waals surface area contributed by atoms with Crippen LogP contribution in [0.4, 0.5) is 10.3 Å². The molecule has 0 spiro atoms. The molecule has 17 heavy (non-hydrogen) atoms. The number of anilines is 1. The fourth-order valence-electron chi connectivity index (χ4n) is 1.53. The summed E-state index contributed by atoms with van der Waals surface area (Å²) in [5, 5.41) is 2.49. The summed E-state index contributed by atoms with van der Waals surface area (Å²) in [6.07, 6.45) is 0. The first-order valence-electron chi connectivity index (χ1n) is 4.84. The minimum Gasteiger partial charge on any atom is -0.369 e. The SMILES string of the molecule is CNC(=O)Cn1c(N)nc2cc(F)c(Br)cc21. The number of amides is 1. The number of carbonyl (C=O) groups is 1. The first-order valence-corrected chi connectivity index (χ1v) is 5.63. The zero-order valence-electron chi connectivity index (χ0n) is 9.00. The van der Waals surface area contributed by atoms with Crippen LogP contribution in [0.15, 0.2) is 16.6 Å². The summed E-state index contributed by atoms with van der Waals surface area (Å²) in [4.78, 5) is 15.3. The summed E-state index contributed by atoms with van der Waals surface area (Å²) in [5.74, 6) is -0.431. The molecular formula is C10H10BrFN4O. The van der Waals surface area contributed by atoms with Gasteiger partial charge in [-0.15, -0.1) is 0 Å². The topological polar surface area (TPSA) is 72.9 Å². The van der Waals surface area contributed by atoms with Crippen molar-refractivity contribution in [1.82, 2.24) is 14.9 Å². The van der Waals surface area contributed by atoms with E-state index in [4.69, 9.17) is 5.73 Å². The lowest BCUT2D eigenvalue weighted by atomic mass is 10.3. The molecule has 5 nitrogen and oxygen atoms in total. The quantitative estimate of drug-likeness (QED) is 0.877. The smallest absolute Gasteiger partial charge is 0.239 e. The van der Waals surface area contributed by atoms with Crippen molar-refractivity contribution >= 4 is 38.8 Å². The molecule has 2 aromatic rings. The Bertz CT molecular complexity index is 595. The molecule has 1 aromatic carbocycles. The van der Waals surface area contributed by atoms with Gasteiger partial charge in [-0.05, 0) is 22.0 Å². The number of rotatable bonds is 2. The van der Waals surface area contributed by atoms with E-state index in [1.165, 1.54) is 17.7 Å². The first-order chi connectivity index (χ1) is 8.02. The minimum absolute atomic E-state index is 0.0525. The molecule has 1 amide bonds. The highest BCUT2D eigenvalue weighted by atomic mass is 79.9. The van der Waals surface area contributed by atoms with Gasteiger partial charge in [0.2, 0.25) is 11.9 Å². The van der Waals surface area contributed by atoms with E-state index in [1.807, 2.05) is 0 Å². The molecular weight excluding hydrogens is 291 g/mol. The van der Waals surface area contributed by atoms with Crippen molar-refractivity contribution in [2.45, 2.75) is 6.54 Å². The number of aromatic nitrogens is 2. The third-order valence-corrected chi connectivity index (χ3v) is 3.01. The third-order valence-electron chi connectivity index (χ3n) is 2.40. The van der Waals surface area contributed by atoms with Gasteiger partial charge in [-0.2, -0.15) is 0 Å². The van der Waals surface area contributed by atoms with Crippen molar-refractivity contribution in [3.05, 3.63) is 22.4 Å². The van der Waals surface area contributed by atoms with Gasteiger partial charge in [-0.25, -0.2) is 9.37 Å². The molecule has 0 aliphatic rings. The van der Waals surface area contributed by atoms with Crippen LogP contribution >= 0.6 is 15.9 Å². The number of nitrogens with two attached hydrogens (primary N) is 1. The highest BCUT2D eigenvalue weighted by Gasteiger charge is 2.13. The van der Waals surface area contributed by atoms with E-state index in [-0.39, 0.29) is 18.4 Å². The van der Waals surface area contributed by atoms with Crippen LogP contribution in [0.5, 0.6) is 0 Å². The molecule has 0 atom stereocenters. The van der Waals surface area contributed by atoms with E-state index >= 15 is 0 Å². The van der Waals surface area contributed by atoms with Crippen molar-refractivity contribution in [1.29, 1.82) is 0 Å². The number of hydrogen-bond donors (Lipinski definition) is 2. The number of halogens is 2. The van der Waals surface area contributed by atoms with Gasteiger partial charge in [0.15, 0.2) is 0 Å². The number of hydrogen-bond acceptors (Lipinski definition) is 3. The van der Waals surface area contributed by atoms with E-state index in [0.717, 1.165) is 0 Å². The lowest BCUT2D eigenvalue weighted by molar-refractivity contribution is -0.121. The largest absolute Gasteiger partial charge is 0.369 e. The standard InChI is InChI=1S/C10H10BrFN4O/c1-14-9(17)4-16-8-2-5(11)6(12)3-7(8)15-10(16)13/h2-3H,4H2,1H3,(H2,13,15)(H,14,17). The van der Waals surface area contributed by atoms with Crippen LogP contribution in [0.2, 0.25) is 0 Å². The zero-order valence-corrected chi connectivity index (χ0v) is 10.6. The van der Waals surface area contributed by atoms with Gasteiger partial charge in [0, 0.05) is 13.1 Å². The number of nitrogens with zero attached hydrogens (tertiary/aromatic N) is 2. The number of likely N-dealkylation sites (N-methyl/N-ethyl adjacent to an activating group) is 1. The maximum absolute atomic E-state index is 13.3. The fraction of sp³-hybridized carbons (Fsp3) is 0.200.